The van der Waals surface area contributed by atoms with E-state index < -0.39 is 23.0 Å². The summed E-state index contributed by atoms with van der Waals surface area (Å²) < 4.78 is 37.7. The van der Waals surface area contributed by atoms with Crippen LogP contribution in [0.3, 0.4) is 0 Å². The number of hydrogen-bond donors (Lipinski definition) is 0. The summed E-state index contributed by atoms with van der Waals surface area (Å²) in [4.78, 5) is 10.2. The fourth-order valence-corrected chi connectivity index (χ4v) is 0.845. The molecule has 0 bridgehead atoms. The number of rotatable bonds is 1. The molecule has 0 fully saturated rings. The Morgan fingerprint density at radius 1 is 1.25 bits per heavy atom. The van der Waals surface area contributed by atoms with Crippen molar-refractivity contribution in [1.29, 1.82) is 0 Å². The Morgan fingerprint density at radius 2 is 1.83 bits per heavy atom. The van der Waals surface area contributed by atoms with E-state index >= 15 is 0 Å². The quantitative estimate of drug-likeness (QED) is 0.471. The molecule has 12 heavy (non-hydrogen) atoms. The van der Waals surface area contributed by atoms with Gasteiger partial charge in [0, 0.05) is 6.07 Å². The molecule has 0 unspecified atom stereocenters. The van der Waals surface area contributed by atoms with Crippen LogP contribution in [0.1, 0.15) is 15.9 Å². The standard InChI is InChI=1S/C8H5F3O/c1-4-5(3-12)8(11)7(10)2-6(4)9/h2-3H,1H3. The van der Waals surface area contributed by atoms with Crippen LogP contribution in [0, 0.1) is 24.4 Å². The Balaban J connectivity index is 3.52. The zero-order chi connectivity index (χ0) is 9.30. The van der Waals surface area contributed by atoms with Gasteiger partial charge in [-0.1, -0.05) is 0 Å². The summed E-state index contributed by atoms with van der Waals surface area (Å²) in [6.07, 6.45) is 0.0941. The predicted molar refractivity (Wildman–Crippen MR) is 36.4 cm³/mol. The zero-order valence-corrected chi connectivity index (χ0v) is 6.20. The molecule has 1 aromatic carbocycles. The molecule has 0 radical (unpaired) electrons. The predicted octanol–water partition coefficient (Wildman–Crippen LogP) is 2.22. The molecule has 4 heteroatoms. The second-order valence-corrected chi connectivity index (χ2v) is 2.31. The van der Waals surface area contributed by atoms with Gasteiger partial charge in [0.2, 0.25) is 0 Å². The van der Waals surface area contributed by atoms with Gasteiger partial charge in [0.05, 0.1) is 5.56 Å². The summed E-state index contributed by atoms with van der Waals surface area (Å²) in [6, 6.07) is 0.414. The lowest BCUT2D eigenvalue weighted by atomic mass is 10.1. The fourth-order valence-electron chi connectivity index (χ4n) is 0.845. The summed E-state index contributed by atoms with van der Waals surface area (Å²) in [5, 5.41) is 0. The lowest BCUT2D eigenvalue weighted by Gasteiger charge is -2.01. The molecule has 0 N–H and O–H groups in total. The molecule has 0 spiro atoms. The van der Waals surface area contributed by atoms with Crippen LogP contribution in [0.4, 0.5) is 13.2 Å². The molecule has 0 atom stereocenters. The maximum absolute atomic E-state index is 12.7. The first-order valence-electron chi connectivity index (χ1n) is 3.17. The van der Waals surface area contributed by atoms with E-state index in [9.17, 15) is 18.0 Å². The second kappa shape index (κ2) is 2.97. The molecule has 0 aromatic heterocycles. The van der Waals surface area contributed by atoms with Crippen molar-refractivity contribution in [2.75, 3.05) is 0 Å². The molecule has 0 saturated heterocycles. The number of carbonyl (C=O) groups excluding carboxylic acids is 1. The Labute approximate surface area is 66.8 Å². The van der Waals surface area contributed by atoms with Gasteiger partial charge < -0.3 is 0 Å². The minimum absolute atomic E-state index is 0.0941. The van der Waals surface area contributed by atoms with Gasteiger partial charge in [-0.05, 0) is 12.5 Å². The van der Waals surface area contributed by atoms with E-state index in [4.69, 9.17) is 0 Å². The van der Waals surface area contributed by atoms with Crippen LogP contribution in [-0.4, -0.2) is 6.29 Å². The van der Waals surface area contributed by atoms with Gasteiger partial charge in [-0.2, -0.15) is 0 Å². The summed E-state index contributed by atoms with van der Waals surface area (Å²) in [5.74, 6) is -3.57. The van der Waals surface area contributed by atoms with Crippen molar-refractivity contribution in [2.24, 2.45) is 0 Å². The zero-order valence-electron chi connectivity index (χ0n) is 6.20. The van der Waals surface area contributed by atoms with E-state index in [-0.39, 0.29) is 11.8 Å². The van der Waals surface area contributed by atoms with Gasteiger partial charge in [-0.25, -0.2) is 13.2 Å². The largest absolute Gasteiger partial charge is 0.298 e. The summed E-state index contributed by atoms with van der Waals surface area (Å²) in [5.41, 5.74) is -0.739. The minimum atomic E-state index is -1.35. The van der Waals surface area contributed by atoms with Crippen LogP contribution in [0.25, 0.3) is 0 Å². The number of halogens is 3. The Morgan fingerprint density at radius 3 is 2.33 bits per heavy atom. The summed E-state index contributed by atoms with van der Waals surface area (Å²) >= 11 is 0. The van der Waals surface area contributed by atoms with E-state index in [0.29, 0.717) is 6.07 Å². The Hall–Kier alpha value is -1.32. The molecule has 0 amide bonds. The van der Waals surface area contributed by atoms with E-state index in [1.54, 1.807) is 0 Å². The highest BCUT2D eigenvalue weighted by atomic mass is 19.2. The van der Waals surface area contributed by atoms with Gasteiger partial charge >= 0.3 is 0 Å². The number of carbonyl (C=O) groups is 1. The maximum atomic E-state index is 12.7. The SMILES string of the molecule is Cc1c(F)cc(F)c(F)c1C=O. The molecular weight excluding hydrogens is 169 g/mol. The first-order chi connectivity index (χ1) is 5.57. The summed E-state index contributed by atoms with van der Waals surface area (Å²) in [7, 11) is 0. The Bertz CT molecular complexity index is 307. The lowest BCUT2D eigenvalue weighted by molar-refractivity contribution is 0.111. The van der Waals surface area contributed by atoms with Gasteiger partial charge in [-0.3, -0.25) is 4.79 Å². The molecular formula is C8H5F3O. The third-order valence-electron chi connectivity index (χ3n) is 1.58. The lowest BCUT2D eigenvalue weighted by Crippen LogP contribution is -1.99. The van der Waals surface area contributed by atoms with Crippen molar-refractivity contribution in [3.63, 3.8) is 0 Å². The maximum Gasteiger partial charge on any atom is 0.169 e. The van der Waals surface area contributed by atoms with E-state index in [1.807, 2.05) is 0 Å². The third-order valence-corrected chi connectivity index (χ3v) is 1.58. The van der Waals surface area contributed by atoms with Crippen molar-refractivity contribution in [3.05, 3.63) is 34.6 Å². The van der Waals surface area contributed by atoms with Crippen molar-refractivity contribution in [2.45, 2.75) is 6.92 Å². The molecule has 64 valence electrons. The molecule has 0 aliphatic heterocycles. The van der Waals surface area contributed by atoms with Crippen molar-refractivity contribution >= 4 is 6.29 Å². The van der Waals surface area contributed by atoms with Crippen LogP contribution < -0.4 is 0 Å². The molecule has 1 nitrogen and oxygen atoms in total. The normalized spacial score (nSPS) is 10.0. The molecule has 0 aliphatic carbocycles. The average molecular weight is 174 g/mol. The van der Waals surface area contributed by atoms with E-state index in [1.165, 1.54) is 6.92 Å². The van der Waals surface area contributed by atoms with E-state index in [2.05, 4.69) is 0 Å². The molecule has 0 saturated carbocycles. The minimum Gasteiger partial charge on any atom is -0.298 e. The smallest absolute Gasteiger partial charge is 0.169 e. The highest BCUT2D eigenvalue weighted by Gasteiger charge is 2.14. The van der Waals surface area contributed by atoms with Crippen molar-refractivity contribution in [3.8, 4) is 0 Å². The molecule has 1 aromatic rings. The topological polar surface area (TPSA) is 17.1 Å². The first kappa shape index (κ1) is 8.77. The number of aldehydes is 1. The Kier molecular flexibility index (Phi) is 2.17. The fraction of sp³-hybridized carbons (Fsp3) is 0.125. The van der Waals surface area contributed by atoms with Crippen LogP contribution in [0.15, 0.2) is 6.07 Å². The molecule has 0 aliphatic rings. The first-order valence-corrected chi connectivity index (χ1v) is 3.17. The highest BCUT2D eigenvalue weighted by Crippen LogP contribution is 2.17. The molecule has 0 heterocycles. The van der Waals surface area contributed by atoms with Gasteiger partial charge in [0.1, 0.15) is 5.82 Å². The van der Waals surface area contributed by atoms with E-state index in [0.717, 1.165) is 0 Å². The number of hydrogen-bond acceptors (Lipinski definition) is 1. The van der Waals surface area contributed by atoms with Crippen molar-refractivity contribution in [1.82, 2.24) is 0 Å². The molecule has 1 rings (SSSR count). The van der Waals surface area contributed by atoms with Gasteiger partial charge in [-0.15, -0.1) is 0 Å². The monoisotopic (exact) mass is 174 g/mol. The highest BCUT2D eigenvalue weighted by molar-refractivity contribution is 5.77. The van der Waals surface area contributed by atoms with Crippen LogP contribution in [0.2, 0.25) is 0 Å². The second-order valence-electron chi connectivity index (χ2n) is 2.31. The van der Waals surface area contributed by atoms with Crippen molar-refractivity contribution < 1.29 is 18.0 Å². The van der Waals surface area contributed by atoms with Crippen LogP contribution in [0.5, 0.6) is 0 Å². The average Bonchev–Trinajstić information content (AvgIpc) is 2.02. The number of benzene rings is 1. The van der Waals surface area contributed by atoms with Gasteiger partial charge in [0.25, 0.3) is 0 Å². The summed E-state index contributed by atoms with van der Waals surface area (Å²) in [6.45, 7) is 1.21. The third kappa shape index (κ3) is 1.20. The van der Waals surface area contributed by atoms with Crippen LogP contribution in [-0.2, 0) is 0 Å². The van der Waals surface area contributed by atoms with Gasteiger partial charge in [0.15, 0.2) is 17.9 Å². The van der Waals surface area contributed by atoms with Crippen LogP contribution >= 0.6 is 0 Å².